The number of hydrogen-bond acceptors (Lipinski definition) is 3. The summed E-state index contributed by atoms with van der Waals surface area (Å²) >= 11 is 0. The van der Waals surface area contributed by atoms with Crippen LogP contribution in [0.3, 0.4) is 0 Å². The summed E-state index contributed by atoms with van der Waals surface area (Å²) in [7, 11) is 0. The molecule has 1 aliphatic rings. The van der Waals surface area contributed by atoms with E-state index in [9.17, 15) is 9.90 Å². The largest absolute Gasteiger partial charge is 0.481 e. The van der Waals surface area contributed by atoms with Crippen LogP contribution in [0.25, 0.3) is 0 Å². The van der Waals surface area contributed by atoms with Gasteiger partial charge in [0.15, 0.2) is 0 Å². The first-order chi connectivity index (χ1) is 8.67. The molecule has 0 bridgehead atoms. The van der Waals surface area contributed by atoms with Crippen LogP contribution >= 0.6 is 0 Å². The summed E-state index contributed by atoms with van der Waals surface area (Å²) in [5, 5.41) is 17.5. The van der Waals surface area contributed by atoms with Crippen LogP contribution in [0.1, 0.15) is 51.3 Å². The monoisotopic (exact) mass is 251 g/mol. The molecule has 0 spiro atoms. The van der Waals surface area contributed by atoms with Crippen molar-refractivity contribution in [2.24, 2.45) is 11.8 Å². The summed E-state index contributed by atoms with van der Waals surface area (Å²) < 4.78 is 2.01. The van der Waals surface area contributed by atoms with Crippen LogP contribution in [0.5, 0.6) is 0 Å². The van der Waals surface area contributed by atoms with Gasteiger partial charge in [-0.1, -0.05) is 20.3 Å². The summed E-state index contributed by atoms with van der Waals surface area (Å²) in [6.45, 7) is 5.09. The van der Waals surface area contributed by atoms with Crippen molar-refractivity contribution < 1.29 is 9.90 Å². The Balaban J connectivity index is 2.24. The minimum absolute atomic E-state index is 0.0292. The Kier molecular flexibility index (Phi) is 3.99. The average molecular weight is 251 g/mol. The zero-order chi connectivity index (χ0) is 13.1. The smallest absolute Gasteiger partial charge is 0.307 e. The van der Waals surface area contributed by atoms with E-state index in [2.05, 4.69) is 24.0 Å². The Morgan fingerprint density at radius 2 is 2.28 bits per heavy atom. The summed E-state index contributed by atoms with van der Waals surface area (Å²) in [5.41, 5.74) is 0. The standard InChI is InChI=1S/C13H21N3O2/c1-3-5-16-8-14-15-12(16)10-6-9(4-2)7-11(10)13(17)18/h8-11H,3-7H2,1-2H3,(H,17,18). The highest BCUT2D eigenvalue weighted by atomic mass is 16.4. The lowest BCUT2D eigenvalue weighted by atomic mass is 9.95. The lowest BCUT2D eigenvalue weighted by Gasteiger charge is -2.15. The van der Waals surface area contributed by atoms with Crippen LogP contribution in [0.4, 0.5) is 0 Å². The van der Waals surface area contributed by atoms with Crippen LogP contribution in [0.2, 0.25) is 0 Å². The number of aryl methyl sites for hydroxylation is 1. The van der Waals surface area contributed by atoms with Crippen molar-refractivity contribution in [1.29, 1.82) is 0 Å². The van der Waals surface area contributed by atoms with Gasteiger partial charge < -0.3 is 9.67 Å². The molecule has 100 valence electrons. The molecule has 1 aromatic rings. The zero-order valence-corrected chi connectivity index (χ0v) is 11.0. The van der Waals surface area contributed by atoms with Crippen molar-refractivity contribution in [3.8, 4) is 0 Å². The van der Waals surface area contributed by atoms with Crippen molar-refractivity contribution in [1.82, 2.24) is 14.8 Å². The summed E-state index contributed by atoms with van der Waals surface area (Å²) in [6, 6.07) is 0. The maximum absolute atomic E-state index is 11.4. The van der Waals surface area contributed by atoms with Crippen LogP contribution in [0, 0.1) is 11.8 Å². The Hall–Kier alpha value is -1.39. The summed E-state index contributed by atoms with van der Waals surface area (Å²) in [5.74, 6) is 0.404. The Bertz CT molecular complexity index is 416. The van der Waals surface area contributed by atoms with Gasteiger partial charge in [0.25, 0.3) is 0 Å². The van der Waals surface area contributed by atoms with E-state index >= 15 is 0 Å². The highest BCUT2D eigenvalue weighted by Crippen LogP contribution is 2.43. The molecular weight excluding hydrogens is 230 g/mol. The first-order valence-corrected chi connectivity index (χ1v) is 6.77. The molecule has 5 nitrogen and oxygen atoms in total. The van der Waals surface area contributed by atoms with Gasteiger partial charge in [-0.15, -0.1) is 10.2 Å². The third-order valence-corrected chi connectivity index (χ3v) is 4.00. The van der Waals surface area contributed by atoms with Crippen molar-refractivity contribution in [3.05, 3.63) is 12.2 Å². The summed E-state index contributed by atoms with van der Waals surface area (Å²) in [4.78, 5) is 11.4. The molecule has 2 rings (SSSR count). The van der Waals surface area contributed by atoms with E-state index in [4.69, 9.17) is 0 Å². The Morgan fingerprint density at radius 1 is 1.50 bits per heavy atom. The molecule has 1 heterocycles. The topological polar surface area (TPSA) is 68.0 Å². The van der Waals surface area contributed by atoms with E-state index in [-0.39, 0.29) is 11.8 Å². The number of aliphatic carboxylic acids is 1. The SMILES string of the molecule is CCCn1cnnc1C1CC(CC)CC1C(=O)O. The fourth-order valence-electron chi connectivity index (χ4n) is 3.00. The molecule has 0 saturated heterocycles. The number of rotatable bonds is 5. The van der Waals surface area contributed by atoms with Gasteiger partial charge in [0.1, 0.15) is 12.2 Å². The Morgan fingerprint density at radius 3 is 2.89 bits per heavy atom. The van der Waals surface area contributed by atoms with Crippen LogP contribution in [-0.4, -0.2) is 25.8 Å². The number of carboxylic acids is 1. The third-order valence-electron chi connectivity index (χ3n) is 4.00. The maximum Gasteiger partial charge on any atom is 0.307 e. The van der Waals surface area contributed by atoms with Gasteiger partial charge in [-0.05, 0) is 25.2 Å². The lowest BCUT2D eigenvalue weighted by molar-refractivity contribution is -0.142. The molecule has 0 amide bonds. The van der Waals surface area contributed by atoms with E-state index in [1.807, 2.05) is 4.57 Å². The van der Waals surface area contributed by atoms with Crippen LogP contribution < -0.4 is 0 Å². The highest BCUT2D eigenvalue weighted by molar-refractivity contribution is 5.71. The van der Waals surface area contributed by atoms with Crippen molar-refractivity contribution in [2.75, 3.05) is 0 Å². The number of carboxylic acid groups (broad SMARTS) is 1. The fourth-order valence-corrected chi connectivity index (χ4v) is 3.00. The predicted molar refractivity (Wildman–Crippen MR) is 67.2 cm³/mol. The Labute approximate surface area is 107 Å². The van der Waals surface area contributed by atoms with E-state index in [0.29, 0.717) is 5.92 Å². The molecule has 0 radical (unpaired) electrons. The third kappa shape index (κ3) is 2.40. The normalized spacial score (nSPS) is 27.6. The first kappa shape index (κ1) is 13.1. The van der Waals surface area contributed by atoms with Gasteiger partial charge in [-0.3, -0.25) is 4.79 Å². The van der Waals surface area contributed by atoms with Gasteiger partial charge >= 0.3 is 5.97 Å². The van der Waals surface area contributed by atoms with Crippen molar-refractivity contribution >= 4 is 5.97 Å². The second kappa shape index (κ2) is 5.50. The van der Waals surface area contributed by atoms with Gasteiger partial charge in [0.05, 0.1) is 5.92 Å². The summed E-state index contributed by atoms with van der Waals surface area (Å²) in [6.07, 6.45) is 5.47. The van der Waals surface area contributed by atoms with E-state index < -0.39 is 5.97 Å². The molecule has 1 saturated carbocycles. The minimum Gasteiger partial charge on any atom is -0.481 e. The second-order valence-electron chi connectivity index (χ2n) is 5.18. The minimum atomic E-state index is -0.693. The number of aromatic nitrogens is 3. The molecule has 1 fully saturated rings. The van der Waals surface area contributed by atoms with Crippen molar-refractivity contribution in [3.63, 3.8) is 0 Å². The molecule has 1 N–H and O–H groups in total. The number of carbonyl (C=O) groups is 1. The van der Waals surface area contributed by atoms with Crippen molar-refractivity contribution in [2.45, 2.75) is 52.0 Å². The number of nitrogens with zero attached hydrogens (tertiary/aromatic N) is 3. The lowest BCUT2D eigenvalue weighted by Crippen LogP contribution is -2.20. The molecule has 0 aliphatic heterocycles. The molecular formula is C13H21N3O2. The van der Waals surface area contributed by atoms with E-state index in [0.717, 1.165) is 38.1 Å². The van der Waals surface area contributed by atoms with Crippen LogP contribution in [-0.2, 0) is 11.3 Å². The molecule has 3 unspecified atom stereocenters. The number of hydrogen-bond donors (Lipinski definition) is 1. The average Bonchev–Trinajstić information content (AvgIpc) is 2.94. The molecule has 0 aromatic carbocycles. The zero-order valence-electron chi connectivity index (χ0n) is 11.0. The first-order valence-electron chi connectivity index (χ1n) is 6.77. The molecule has 1 aliphatic carbocycles. The van der Waals surface area contributed by atoms with Gasteiger partial charge in [-0.25, -0.2) is 0 Å². The second-order valence-corrected chi connectivity index (χ2v) is 5.18. The molecule has 18 heavy (non-hydrogen) atoms. The van der Waals surface area contributed by atoms with Gasteiger partial charge in [0.2, 0.25) is 0 Å². The maximum atomic E-state index is 11.4. The highest BCUT2D eigenvalue weighted by Gasteiger charge is 2.41. The molecule has 5 heteroatoms. The van der Waals surface area contributed by atoms with E-state index in [1.165, 1.54) is 0 Å². The van der Waals surface area contributed by atoms with Gasteiger partial charge in [-0.2, -0.15) is 0 Å². The van der Waals surface area contributed by atoms with Gasteiger partial charge in [0, 0.05) is 12.5 Å². The quantitative estimate of drug-likeness (QED) is 0.871. The molecule has 3 atom stereocenters. The fraction of sp³-hybridized carbons (Fsp3) is 0.769. The van der Waals surface area contributed by atoms with E-state index in [1.54, 1.807) is 6.33 Å². The van der Waals surface area contributed by atoms with Crippen LogP contribution in [0.15, 0.2) is 6.33 Å². The molecule has 1 aromatic heterocycles. The predicted octanol–water partition coefficient (Wildman–Crippen LogP) is 2.29.